The van der Waals surface area contributed by atoms with E-state index in [2.05, 4.69) is 0 Å². The predicted molar refractivity (Wildman–Crippen MR) is 47.9 cm³/mol. The average Bonchev–Trinajstić information content (AvgIpc) is 2.45. The van der Waals surface area contributed by atoms with Gasteiger partial charge in [-0.25, -0.2) is 4.79 Å². The average molecular weight is 194 g/mol. The van der Waals surface area contributed by atoms with Crippen LogP contribution in [0.25, 0.3) is 0 Å². The highest BCUT2D eigenvalue weighted by molar-refractivity contribution is 5.96. The van der Waals surface area contributed by atoms with Gasteiger partial charge in [0.2, 0.25) is 0 Å². The molecule has 0 aliphatic carbocycles. The van der Waals surface area contributed by atoms with Crippen molar-refractivity contribution in [2.75, 3.05) is 0 Å². The molecule has 74 valence electrons. The first kappa shape index (κ1) is 9.02. The van der Waals surface area contributed by atoms with Gasteiger partial charge in [-0.3, -0.25) is 0 Å². The molecule has 0 spiro atoms. The number of hydrogen-bond donors (Lipinski definition) is 2. The van der Waals surface area contributed by atoms with Crippen LogP contribution in [0.2, 0.25) is 0 Å². The summed E-state index contributed by atoms with van der Waals surface area (Å²) in [5, 5.41) is 18.8. The van der Waals surface area contributed by atoms with Crippen LogP contribution in [0.3, 0.4) is 0 Å². The molecule has 0 saturated carbocycles. The van der Waals surface area contributed by atoms with E-state index < -0.39 is 18.2 Å². The lowest BCUT2D eigenvalue weighted by molar-refractivity contribution is -0.00278. The third kappa shape index (κ3) is 1.15. The first-order valence-corrected chi connectivity index (χ1v) is 4.32. The van der Waals surface area contributed by atoms with Crippen molar-refractivity contribution in [3.8, 4) is 5.75 Å². The number of hydrogen-bond acceptors (Lipinski definition) is 4. The van der Waals surface area contributed by atoms with Gasteiger partial charge < -0.3 is 14.9 Å². The monoisotopic (exact) mass is 194 g/mol. The summed E-state index contributed by atoms with van der Waals surface area (Å²) in [5.41, 5.74) is 0.711. The summed E-state index contributed by atoms with van der Waals surface area (Å²) in [6.45, 7) is 1.54. The number of rotatable bonds is 1. The number of benzene rings is 1. The molecule has 0 bridgehead atoms. The second kappa shape index (κ2) is 2.99. The van der Waals surface area contributed by atoms with E-state index in [9.17, 15) is 15.0 Å². The highest BCUT2D eigenvalue weighted by Gasteiger charge is 2.35. The molecule has 1 aromatic rings. The molecule has 0 unspecified atom stereocenters. The Morgan fingerprint density at radius 2 is 2.21 bits per heavy atom. The second-order valence-corrected chi connectivity index (χ2v) is 3.31. The van der Waals surface area contributed by atoms with Crippen LogP contribution in [0.5, 0.6) is 5.75 Å². The molecule has 14 heavy (non-hydrogen) atoms. The first-order valence-electron chi connectivity index (χ1n) is 4.32. The molecule has 0 saturated heterocycles. The molecule has 1 aliphatic rings. The normalized spacial score (nSPS) is 21.6. The molecule has 1 aliphatic heterocycles. The summed E-state index contributed by atoms with van der Waals surface area (Å²) < 4.78 is 4.93. The third-order valence-corrected chi connectivity index (χ3v) is 2.26. The van der Waals surface area contributed by atoms with Gasteiger partial charge in [0.1, 0.15) is 11.3 Å². The standard InChI is InChI=1S/C10H10O4/c1-5(11)9-6-3-2-4-7(12)8(6)10(13)14-9/h2-5,9,11-12H,1H3/t5-,9+/m0/s1. The van der Waals surface area contributed by atoms with Crippen LogP contribution in [-0.2, 0) is 4.74 Å². The zero-order chi connectivity index (χ0) is 10.3. The molecular formula is C10H10O4. The van der Waals surface area contributed by atoms with Crippen molar-refractivity contribution < 1.29 is 19.7 Å². The first-order chi connectivity index (χ1) is 6.61. The lowest BCUT2D eigenvalue weighted by Crippen LogP contribution is -2.14. The number of aliphatic hydroxyl groups is 1. The van der Waals surface area contributed by atoms with Crippen LogP contribution in [0.4, 0.5) is 0 Å². The lowest BCUT2D eigenvalue weighted by atomic mass is 10.0. The summed E-state index contributed by atoms with van der Waals surface area (Å²) in [6.07, 6.45) is -1.44. The van der Waals surface area contributed by atoms with Crippen molar-refractivity contribution in [2.45, 2.75) is 19.1 Å². The molecule has 1 aromatic carbocycles. The Bertz CT molecular complexity index is 384. The van der Waals surface area contributed by atoms with Crippen LogP contribution in [0.15, 0.2) is 18.2 Å². The molecule has 0 fully saturated rings. The molecule has 0 aromatic heterocycles. The van der Waals surface area contributed by atoms with Gasteiger partial charge in [0, 0.05) is 5.56 Å². The quantitative estimate of drug-likeness (QED) is 0.654. The fourth-order valence-electron chi connectivity index (χ4n) is 1.61. The smallest absolute Gasteiger partial charge is 0.343 e. The van der Waals surface area contributed by atoms with Gasteiger partial charge >= 0.3 is 5.97 Å². The number of aliphatic hydroxyl groups excluding tert-OH is 1. The fourth-order valence-corrected chi connectivity index (χ4v) is 1.61. The Morgan fingerprint density at radius 3 is 2.86 bits per heavy atom. The highest BCUT2D eigenvalue weighted by Crippen LogP contribution is 2.37. The number of carbonyl (C=O) groups excluding carboxylic acids is 1. The van der Waals surface area contributed by atoms with Crippen molar-refractivity contribution in [1.29, 1.82) is 0 Å². The number of aromatic hydroxyl groups is 1. The van der Waals surface area contributed by atoms with E-state index in [-0.39, 0.29) is 11.3 Å². The molecule has 1 heterocycles. The van der Waals surface area contributed by atoms with Gasteiger partial charge in [-0.15, -0.1) is 0 Å². The van der Waals surface area contributed by atoms with Crippen molar-refractivity contribution >= 4 is 5.97 Å². The van der Waals surface area contributed by atoms with Crippen molar-refractivity contribution in [2.24, 2.45) is 0 Å². The maximum atomic E-state index is 11.3. The molecule has 0 radical (unpaired) electrons. The van der Waals surface area contributed by atoms with Crippen LogP contribution in [0.1, 0.15) is 28.9 Å². The molecule has 2 N–H and O–H groups in total. The lowest BCUT2D eigenvalue weighted by Gasteiger charge is -2.12. The van der Waals surface area contributed by atoms with E-state index >= 15 is 0 Å². The van der Waals surface area contributed by atoms with Crippen molar-refractivity contribution in [3.63, 3.8) is 0 Å². The topological polar surface area (TPSA) is 66.8 Å². The van der Waals surface area contributed by atoms with Gasteiger partial charge in [0.25, 0.3) is 0 Å². The van der Waals surface area contributed by atoms with E-state index in [1.54, 1.807) is 12.1 Å². The van der Waals surface area contributed by atoms with Crippen LogP contribution < -0.4 is 0 Å². The number of carbonyl (C=O) groups is 1. The van der Waals surface area contributed by atoms with Crippen molar-refractivity contribution in [3.05, 3.63) is 29.3 Å². The van der Waals surface area contributed by atoms with E-state index in [0.717, 1.165) is 0 Å². The molecule has 4 heteroatoms. The van der Waals surface area contributed by atoms with E-state index in [4.69, 9.17) is 4.74 Å². The number of fused-ring (bicyclic) bond motifs is 1. The summed E-state index contributed by atoms with van der Waals surface area (Å²) in [4.78, 5) is 11.3. The Labute approximate surface area is 80.7 Å². The summed E-state index contributed by atoms with van der Waals surface area (Å²) in [5.74, 6) is -0.681. The SMILES string of the molecule is C[C@H](O)[C@H]1OC(=O)c2c(O)cccc21. The maximum absolute atomic E-state index is 11.3. The zero-order valence-electron chi connectivity index (χ0n) is 7.60. The minimum Gasteiger partial charge on any atom is -0.507 e. The number of phenols is 1. The number of phenolic OH excluding ortho intramolecular Hbond substituents is 1. The minimum absolute atomic E-state index is 0.101. The number of esters is 1. The number of ether oxygens (including phenoxy) is 1. The van der Waals surface area contributed by atoms with Crippen LogP contribution in [-0.4, -0.2) is 22.3 Å². The minimum atomic E-state index is -0.776. The molecule has 0 amide bonds. The molecule has 2 atom stereocenters. The van der Waals surface area contributed by atoms with Gasteiger partial charge in [0.15, 0.2) is 6.10 Å². The Morgan fingerprint density at radius 1 is 1.50 bits per heavy atom. The Balaban J connectivity index is 2.55. The van der Waals surface area contributed by atoms with Gasteiger partial charge in [0.05, 0.1) is 6.10 Å². The molecular weight excluding hydrogens is 184 g/mol. The Hall–Kier alpha value is -1.55. The van der Waals surface area contributed by atoms with Crippen LogP contribution >= 0.6 is 0 Å². The van der Waals surface area contributed by atoms with Gasteiger partial charge in [-0.2, -0.15) is 0 Å². The van der Waals surface area contributed by atoms with Gasteiger partial charge in [-0.05, 0) is 13.0 Å². The number of cyclic esters (lactones) is 1. The summed E-state index contributed by atoms with van der Waals surface area (Å²) in [6, 6.07) is 4.70. The fraction of sp³-hybridized carbons (Fsp3) is 0.300. The Kier molecular flexibility index (Phi) is 1.93. The zero-order valence-corrected chi connectivity index (χ0v) is 7.60. The highest BCUT2D eigenvalue weighted by atomic mass is 16.6. The summed E-state index contributed by atoms with van der Waals surface area (Å²) >= 11 is 0. The van der Waals surface area contributed by atoms with Gasteiger partial charge in [-0.1, -0.05) is 12.1 Å². The molecule has 2 rings (SSSR count). The van der Waals surface area contributed by atoms with E-state index in [1.165, 1.54) is 13.0 Å². The largest absolute Gasteiger partial charge is 0.507 e. The van der Waals surface area contributed by atoms with Crippen molar-refractivity contribution in [1.82, 2.24) is 0 Å². The second-order valence-electron chi connectivity index (χ2n) is 3.31. The van der Waals surface area contributed by atoms with E-state index in [1.807, 2.05) is 0 Å². The maximum Gasteiger partial charge on any atom is 0.343 e. The summed E-state index contributed by atoms with van der Waals surface area (Å²) in [7, 11) is 0. The predicted octanol–water partition coefficient (Wildman–Crippen LogP) is 0.984. The van der Waals surface area contributed by atoms with E-state index in [0.29, 0.717) is 5.56 Å². The van der Waals surface area contributed by atoms with Crippen LogP contribution in [0, 0.1) is 0 Å². The third-order valence-electron chi connectivity index (χ3n) is 2.26. The molecule has 4 nitrogen and oxygen atoms in total.